The monoisotopic (exact) mass is 282 g/mol. The highest BCUT2D eigenvalue weighted by molar-refractivity contribution is 7.99. The maximum absolute atomic E-state index is 11.1. The first kappa shape index (κ1) is 12.9. The van der Waals surface area contributed by atoms with E-state index in [1.165, 1.54) is 4.68 Å². The lowest BCUT2D eigenvalue weighted by molar-refractivity contribution is -0.389. The van der Waals surface area contributed by atoms with E-state index >= 15 is 0 Å². The summed E-state index contributed by atoms with van der Waals surface area (Å²) in [6.45, 7) is 0. The number of carboxylic acid groups (broad SMARTS) is 1. The van der Waals surface area contributed by atoms with Crippen LogP contribution in [0.4, 0.5) is 5.82 Å². The molecule has 0 amide bonds. The molecule has 0 bridgehead atoms. The van der Waals surface area contributed by atoms with Gasteiger partial charge in [-0.1, -0.05) is 0 Å². The van der Waals surface area contributed by atoms with Gasteiger partial charge in [-0.2, -0.15) is 0 Å². The molecule has 0 aromatic carbocycles. The minimum absolute atomic E-state index is 0.219. The first-order chi connectivity index (χ1) is 8.99. The van der Waals surface area contributed by atoms with E-state index in [1.54, 1.807) is 7.05 Å². The topological polar surface area (TPSA) is 137 Å². The van der Waals surface area contributed by atoms with E-state index in [0.29, 0.717) is 5.16 Å². The van der Waals surface area contributed by atoms with Gasteiger partial charge in [-0.05, 0) is 32.1 Å². The number of carboxylic acids is 1. The third-order valence-electron chi connectivity index (χ3n) is 2.05. The molecule has 0 unspecified atom stereocenters. The SMILES string of the molecule is Cn1nnnc1Sc1cnc([N+](=O)[O-])cc1C(=O)O. The number of nitrogens with zero attached hydrogens (tertiary/aromatic N) is 6. The van der Waals surface area contributed by atoms with E-state index in [2.05, 4.69) is 20.5 Å². The smallest absolute Gasteiger partial charge is 0.364 e. The van der Waals surface area contributed by atoms with Crippen molar-refractivity contribution in [2.45, 2.75) is 10.1 Å². The summed E-state index contributed by atoms with van der Waals surface area (Å²) in [7, 11) is 1.58. The number of pyridine rings is 1. The first-order valence-electron chi connectivity index (χ1n) is 4.77. The summed E-state index contributed by atoms with van der Waals surface area (Å²) in [4.78, 5) is 24.7. The number of nitro groups is 1. The van der Waals surface area contributed by atoms with Crippen LogP contribution in [0.25, 0.3) is 0 Å². The Morgan fingerprint density at radius 1 is 1.58 bits per heavy atom. The average Bonchev–Trinajstić information content (AvgIpc) is 2.75. The van der Waals surface area contributed by atoms with Crippen molar-refractivity contribution in [1.82, 2.24) is 25.2 Å². The Morgan fingerprint density at radius 3 is 2.84 bits per heavy atom. The van der Waals surface area contributed by atoms with Crippen LogP contribution in [0.2, 0.25) is 0 Å². The molecule has 0 saturated heterocycles. The van der Waals surface area contributed by atoms with Crippen molar-refractivity contribution in [3.05, 3.63) is 27.9 Å². The molecule has 0 fully saturated rings. The Hall–Kier alpha value is -2.56. The Bertz CT molecular complexity index is 656. The Morgan fingerprint density at radius 2 is 2.32 bits per heavy atom. The van der Waals surface area contributed by atoms with E-state index in [0.717, 1.165) is 24.0 Å². The third kappa shape index (κ3) is 2.65. The summed E-state index contributed by atoms with van der Waals surface area (Å²) in [6, 6.07) is 0.897. The molecule has 0 aliphatic heterocycles. The van der Waals surface area contributed by atoms with Crippen LogP contribution in [0.15, 0.2) is 22.3 Å². The lowest BCUT2D eigenvalue weighted by atomic mass is 10.2. The molecule has 2 rings (SSSR count). The predicted octanol–water partition coefficient (Wildman–Crippen LogP) is 0.363. The van der Waals surface area contributed by atoms with Crippen molar-refractivity contribution in [3.8, 4) is 0 Å². The van der Waals surface area contributed by atoms with E-state index in [4.69, 9.17) is 5.11 Å². The minimum atomic E-state index is -1.29. The number of aryl methyl sites for hydroxylation is 1. The largest absolute Gasteiger partial charge is 0.478 e. The van der Waals surface area contributed by atoms with Crippen LogP contribution in [-0.2, 0) is 7.05 Å². The van der Waals surface area contributed by atoms with Crippen molar-refractivity contribution >= 4 is 23.5 Å². The molecule has 2 aromatic heterocycles. The average molecular weight is 282 g/mol. The van der Waals surface area contributed by atoms with E-state index in [-0.39, 0.29) is 10.5 Å². The molecule has 1 N–H and O–H groups in total. The highest BCUT2D eigenvalue weighted by Crippen LogP contribution is 2.29. The summed E-state index contributed by atoms with van der Waals surface area (Å²) in [5, 5.41) is 30.6. The number of aromatic nitrogens is 5. The first-order valence-corrected chi connectivity index (χ1v) is 5.58. The summed E-state index contributed by atoms with van der Waals surface area (Å²) < 4.78 is 1.34. The van der Waals surface area contributed by atoms with Crippen LogP contribution in [-0.4, -0.2) is 41.2 Å². The summed E-state index contributed by atoms with van der Waals surface area (Å²) >= 11 is 0.957. The fourth-order valence-electron chi connectivity index (χ4n) is 1.19. The van der Waals surface area contributed by atoms with Crippen molar-refractivity contribution in [1.29, 1.82) is 0 Å². The van der Waals surface area contributed by atoms with Crippen LogP contribution in [0.1, 0.15) is 10.4 Å². The van der Waals surface area contributed by atoms with Gasteiger partial charge < -0.3 is 15.2 Å². The summed E-state index contributed by atoms with van der Waals surface area (Å²) in [5.41, 5.74) is -0.227. The number of aromatic carboxylic acids is 1. The zero-order chi connectivity index (χ0) is 14.0. The van der Waals surface area contributed by atoms with Gasteiger partial charge in [0.1, 0.15) is 0 Å². The van der Waals surface area contributed by atoms with E-state index in [9.17, 15) is 14.9 Å². The number of carbonyl (C=O) groups is 1. The number of hydrogen-bond acceptors (Lipinski definition) is 8. The molecule has 2 aromatic rings. The summed E-state index contributed by atoms with van der Waals surface area (Å²) in [5.74, 6) is -1.82. The molecule has 0 saturated carbocycles. The quantitative estimate of drug-likeness (QED) is 0.622. The molecular formula is C8H6N6O4S. The van der Waals surface area contributed by atoms with Gasteiger partial charge in [-0.25, -0.2) is 9.48 Å². The second kappa shape index (κ2) is 4.97. The fourth-order valence-corrected chi connectivity index (χ4v) is 1.99. The molecule has 0 radical (unpaired) electrons. The van der Waals surface area contributed by atoms with Crippen LogP contribution in [0.3, 0.4) is 0 Å². The molecule has 2 heterocycles. The van der Waals surface area contributed by atoms with Crippen molar-refractivity contribution in [2.24, 2.45) is 7.05 Å². The van der Waals surface area contributed by atoms with Crippen LogP contribution < -0.4 is 0 Å². The molecule has 19 heavy (non-hydrogen) atoms. The normalized spacial score (nSPS) is 10.4. The second-order valence-corrected chi connectivity index (χ2v) is 4.30. The number of rotatable bonds is 4. The van der Waals surface area contributed by atoms with Crippen LogP contribution in [0, 0.1) is 10.1 Å². The Kier molecular flexibility index (Phi) is 3.37. The molecule has 11 heteroatoms. The zero-order valence-corrected chi connectivity index (χ0v) is 10.2. The number of tetrazole rings is 1. The second-order valence-electron chi connectivity index (χ2n) is 3.29. The molecule has 0 spiro atoms. The standard InChI is InChI=1S/C8H6N6O4S/c1-13-8(10-11-12-13)19-5-3-9-6(14(17)18)2-4(5)7(15)16/h2-3H,1H3,(H,15,16). The lowest BCUT2D eigenvalue weighted by Gasteiger charge is -2.02. The van der Waals surface area contributed by atoms with Gasteiger partial charge in [0.15, 0.2) is 6.20 Å². The lowest BCUT2D eigenvalue weighted by Crippen LogP contribution is -2.03. The summed E-state index contributed by atoms with van der Waals surface area (Å²) in [6.07, 6.45) is 1.11. The van der Waals surface area contributed by atoms with Gasteiger partial charge in [0.25, 0.3) is 0 Å². The van der Waals surface area contributed by atoms with Gasteiger partial charge in [-0.15, -0.1) is 5.10 Å². The highest BCUT2D eigenvalue weighted by Gasteiger charge is 2.20. The Labute approximate surface area is 109 Å². The van der Waals surface area contributed by atoms with Crippen LogP contribution >= 0.6 is 11.8 Å². The van der Waals surface area contributed by atoms with Gasteiger partial charge >= 0.3 is 11.8 Å². The predicted molar refractivity (Wildman–Crippen MR) is 60.8 cm³/mol. The van der Waals surface area contributed by atoms with Crippen molar-refractivity contribution < 1.29 is 14.8 Å². The maximum atomic E-state index is 11.1. The van der Waals surface area contributed by atoms with Gasteiger partial charge in [0.2, 0.25) is 5.16 Å². The Balaban J connectivity index is 2.43. The minimum Gasteiger partial charge on any atom is -0.478 e. The van der Waals surface area contributed by atoms with Crippen molar-refractivity contribution in [2.75, 3.05) is 0 Å². The van der Waals surface area contributed by atoms with Crippen molar-refractivity contribution in [3.63, 3.8) is 0 Å². The highest BCUT2D eigenvalue weighted by atomic mass is 32.2. The van der Waals surface area contributed by atoms with E-state index in [1.807, 2.05) is 0 Å². The zero-order valence-electron chi connectivity index (χ0n) is 9.42. The molecule has 0 atom stereocenters. The third-order valence-corrected chi connectivity index (χ3v) is 3.13. The molecular weight excluding hydrogens is 276 g/mol. The maximum Gasteiger partial charge on any atom is 0.364 e. The fraction of sp³-hybridized carbons (Fsp3) is 0.125. The molecule has 0 aliphatic rings. The molecule has 10 nitrogen and oxygen atoms in total. The molecule has 98 valence electrons. The molecule has 0 aliphatic carbocycles. The van der Waals surface area contributed by atoms with E-state index < -0.39 is 16.7 Å². The van der Waals surface area contributed by atoms with Gasteiger partial charge in [-0.3, -0.25) is 0 Å². The van der Waals surface area contributed by atoms with Gasteiger partial charge in [0.05, 0.1) is 16.5 Å². The van der Waals surface area contributed by atoms with Gasteiger partial charge in [0, 0.05) is 7.05 Å². The van der Waals surface area contributed by atoms with Crippen LogP contribution in [0.5, 0.6) is 0 Å². The number of hydrogen-bond donors (Lipinski definition) is 1.